The minimum Gasteiger partial charge on any atom is -0.494 e. The summed E-state index contributed by atoms with van der Waals surface area (Å²) in [5.41, 5.74) is 0.561. The van der Waals surface area contributed by atoms with E-state index in [4.69, 9.17) is 4.74 Å². The molecule has 4 nitrogen and oxygen atoms in total. The first-order chi connectivity index (χ1) is 9.02. The van der Waals surface area contributed by atoms with Gasteiger partial charge in [-0.25, -0.2) is 8.42 Å². The van der Waals surface area contributed by atoms with E-state index >= 15 is 0 Å². The van der Waals surface area contributed by atoms with E-state index in [2.05, 4.69) is 0 Å². The van der Waals surface area contributed by atoms with Gasteiger partial charge in [-0.1, -0.05) is 6.92 Å². The second-order valence-electron chi connectivity index (χ2n) is 4.84. The van der Waals surface area contributed by atoms with Gasteiger partial charge < -0.3 is 4.74 Å². The molecule has 0 aromatic heterocycles. The molecule has 19 heavy (non-hydrogen) atoms. The standard InChI is InChI=1S/C14H18O4S/c1-2-8-18-13-5-3-11(4-6-13)14(15)12-7-9-19(16,17)10-12/h3-6,12H,2,7-10H2,1H3. The van der Waals surface area contributed by atoms with Gasteiger partial charge in [0.15, 0.2) is 15.6 Å². The molecule has 104 valence electrons. The van der Waals surface area contributed by atoms with E-state index in [1.54, 1.807) is 24.3 Å². The maximum absolute atomic E-state index is 12.2. The zero-order valence-corrected chi connectivity index (χ0v) is 11.8. The largest absolute Gasteiger partial charge is 0.494 e. The summed E-state index contributed by atoms with van der Waals surface area (Å²) in [6.07, 6.45) is 1.37. The van der Waals surface area contributed by atoms with Crippen LogP contribution < -0.4 is 4.74 Å². The summed E-state index contributed by atoms with van der Waals surface area (Å²) < 4.78 is 28.2. The molecule has 1 aromatic carbocycles. The fourth-order valence-electron chi connectivity index (χ4n) is 2.17. The van der Waals surface area contributed by atoms with Gasteiger partial charge in [-0.3, -0.25) is 4.79 Å². The minimum absolute atomic E-state index is 0.0140. The Labute approximate surface area is 113 Å². The molecular formula is C14H18O4S. The Morgan fingerprint density at radius 1 is 1.32 bits per heavy atom. The lowest BCUT2D eigenvalue weighted by Crippen LogP contribution is -2.16. The molecular weight excluding hydrogens is 264 g/mol. The van der Waals surface area contributed by atoms with Crippen LogP contribution in [0.3, 0.4) is 0 Å². The number of carbonyl (C=O) groups excluding carboxylic acids is 1. The lowest BCUT2D eigenvalue weighted by Gasteiger charge is -2.08. The summed E-state index contributed by atoms with van der Waals surface area (Å²) >= 11 is 0. The van der Waals surface area contributed by atoms with Crippen LogP contribution in [0.2, 0.25) is 0 Å². The highest BCUT2D eigenvalue weighted by molar-refractivity contribution is 7.91. The van der Waals surface area contributed by atoms with E-state index in [1.165, 1.54) is 0 Å². The first-order valence-corrected chi connectivity index (χ1v) is 8.31. The van der Waals surface area contributed by atoms with Crippen molar-refractivity contribution in [1.82, 2.24) is 0 Å². The van der Waals surface area contributed by atoms with Gasteiger partial charge >= 0.3 is 0 Å². The smallest absolute Gasteiger partial charge is 0.166 e. The maximum atomic E-state index is 12.2. The Morgan fingerprint density at radius 2 is 2.00 bits per heavy atom. The van der Waals surface area contributed by atoms with E-state index in [-0.39, 0.29) is 23.2 Å². The van der Waals surface area contributed by atoms with Crippen molar-refractivity contribution in [3.05, 3.63) is 29.8 Å². The van der Waals surface area contributed by atoms with Gasteiger partial charge in [-0.05, 0) is 37.1 Å². The number of ketones is 1. The Bertz CT molecular complexity index is 545. The predicted octanol–water partition coefficient (Wildman–Crippen LogP) is 2.09. The van der Waals surface area contributed by atoms with Crippen LogP contribution in [0.15, 0.2) is 24.3 Å². The van der Waals surface area contributed by atoms with Crippen molar-refractivity contribution in [2.75, 3.05) is 18.1 Å². The number of Topliss-reactive ketones (excluding diaryl/α,β-unsaturated/α-hetero) is 1. The first kappa shape index (κ1) is 14.1. The zero-order valence-electron chi connectivity index (χ0n) is 11.0. The van der Waals surface area contributed by atoms with Crippen molar-refractivity contribution in [2.45, 2.75) is 19.8 Å². The molecule has 0 saturated carbocycles. The average molecular weight is 282 g/mol. The molecule has 0 amide bonds. The second-order valence-corrected chi connectivity index (χ2v) is 7.07. The van der Waals surface area contributed by atoms with Gasteiger partial charge in [0.25, 0.3) is 0 Å². The van der Waals surface area contributed by atoms with Crippen LogP contribution in [-0.4, -0.2) is 32.3 Å². The molecule has 1 atom stereocenters. The molecule has 1 saturated heterocycles. The molecule has 5 heteroatoms. The molecule has 1 heterocycles. The molecule has 1 unspecified atom stereocenters. The van der Waals surface area contributed by atoms with Crippen LogP contribution in [0.5, 0.6) is 5.75 Å². The van der Waals surface area contributed by atoms with Crippen molar-refractivity contribution in [3.63, 3.8) is 0 Å². The summed E-state index contributed by atoms with van der Waals surface area (Å²) in [7, 11) is -3.01. The monoisotopic (exact) mass is 282 g/mol. The Hall–Kier alpha value is -1.36. The van der Waals surface area contributed by atoms with Gasteiger partial charge in [0.2, 0.25) is 0 Å². The van der Waals surface area contributed by atoms with Gasteiger partial charge in [0.05, 0.1) is 18.1 Å². The average Bonchev–Trinajstić information content (AvgIpc) is 2.76. The van der Waals surface area contributed by atoms with E-state index < -0.39 is 9.84 Å². The van der Waals surface area contributed by atoms with Crippen LogP contribution >= 0.6 is 0 Å². The van der Waals surface area contributed by atoms with Gasteiger partial charge in [-0.15, -0.1) is 0 Å². The van der Waals surface area contributed by atoms with Crippen molar-refractivity contribution in [1.29, 1.82) is 0 Å². The highest BCUT2D eigenvalue weighted by Gasteiger charge is 2.33. The lowest BCUT2D eigenvalue weighted by molar-refractivity contribution is 0.0933. The Morgan fingerprint density at radius 3 is 2.53 bits per heavy atom. The number of hydrogen-bond donors (Lipinski definition) is 0. The van der Waals surface area contributed by atoms with Gasteiger partial charge in [0.1, 0.15) is 5.75 Å². The summed E-state index contributed by atoms with van der Waals surface area (Å²) in [5, 5.41) is 0. The van der Waals surface area contributed by atoms with Gasteiger partial charge in [0, 0.05) is 11.5 Å². The SMILES string of the molecule is CCCOc1ccc(C(=O)C2CCS(=O)(=O)C2)cc1. The lowest BCUT2D eigenvalue weighted by atomic mass is 9.97. The molecule has 1 aromatic rings. The molecule has 1 aliphatic heterocycles. The zero-order chi connectivity index (χ0) is 13.9. The third-order valence-corrected chi connectivity index (χ3v) is 4.98. The first-order valence-electron chi connectivity index (χ1n) is 6.49. The van der Waals surface area contributed by atoms with Crippen LogP contribution in [0.25, 0.3) is 0 Å². The van der Waals surface area contributed by atoms with Crippen molar-refractivity contribution >= 4 is 15.6 Å². The van der Waals surface area contributed by atoms with Crippen molar-refractivity contribution < 1.29 is 17.9 Å². The molecule has 0 aliphatic carbocycles. The number of sulfone groups is 1. The van der Waals surface area contributed by atoms with Crippen LogP contribution in [0, 0.1) is 5.92 Å². The predicted molar refractivity (Wildman–Crippen MR) is 73.3 cm³/mol. The number of benzene rings is 1. The minimum atomic E-state index is -3.01. The molecule has 1 aliphatic rings. The number of ether oxygens (including phenoxy) is 1. The summed E-state index contributed by atoms with van der Waals surface area (Å²) in [6, 6.07) is 6.93. The third kappa shape index (κ3) is 3.56. The van der Waals surface area contributed by atoms with E-state index in [9.17, 15) is 13.2 Å². The number of carbonyl (C=O) groups is 1. The Kier molecular flexibility index (Phi) is 4.24. The Balaban J connectivity index is 2.04. The van der Waals surface area contributed by atoms with Crippen molar-refractivity contribution in [3.8, 4) is 5.75 Å². The summed E-state index contributed by atoms with van der Waals surface area (Å²) in [5.74, 6) is 0.383. The molecule has 0 bridgehead atoms. The van der Waals surface area contributed by atoms with Crippen molar-refractivity contribution in [2.24, 2.45) is 5.92 Å². The highest BCUT2D eigenvalue weighted by atomic mass is 32.2. The normalized spacial score (nSPS) is 21.2. The third-order valence-electron chi connectivity index (χ3n) is 3.21. The number of rotatable bonds is 5. The van der Waals surface area contributed by atoms with Crippen LogP contribution in [-0.2, 0) is 9.84 Å². The molecule has 0 spiro atoms. The van der Waals surface area contributed by atoms with Crippen LogP contribution in [0.4, 0.5) is 0 Å². The van der Waals surface area contributed by atoms with E-state index in [0.29, 0.717) is 18.6 Å². The maximum Gasteiger partial charge on any atom is 0.166 e. The number of hydrogen-bond acceptors (Lipinski definition) is 4. The highest BCUT2D eigenvalue weighted by Crippen LogP contribution is 2.23. The van der Waals surface area contributed by atoms with Crippen LogP contribution in [0.1, 0.15) is 30.1 Å². The van der Waals surface area contributed by atoms with E-state index in [1.807, 2.05) is 6.92 Å². The fourth-order valence-corrected chi connectivity index (χ4v) is 3.91. The second kappa shape index (κ2) is 5.74. The molecule has 2 rings (SSSR count). The summed E-state index contributed by atoms with van der Waals surface area (Å²) in [4.78, 5) is 12.2. The topological polar surface area (TPSA) is 60.4 Å². The van der Waals surface area contributed by atoms with E-state index in [0.717, 1.165) is 12.2 Å². The molecule has 0 radical (unpaired) electrons. The quantitative estimate of drug-likeness (QED) is 0.776. The summed E-state index contributed by atoms with van der Waals surface area (Å²) in [6.45, 7) is 2.67. The molecule has 0 N–H and O–H groups in total. The fraction of sp³-hybridized carbons (Fsp3) is 0.500. The van der Waals surface area contributed by atoms with Gasteiger partial charge in [-0.2, -0.15) is 0 Å². The molecule has 1 fully saturated rings.